The van der Waals surface area contributed by atoms with E-state index >= 15 is 0 Å². The van der Waals surface area contributed by atoms with Crippen molar-refractivity contribution in [3.05, 3.63) is 5.89 Å². The summed E-state index contributed by atoms with van der Waals surface area (Å²) in [5, 5.41) is 10.8. The van der Waals surface area contributed by atoms with E-state index in [4.69, 9.17) is 10.2 Å². The van der Waals surface area contributed by atoms with Gasteiger partial charge in [-0.2, -0.15) is 0 Å². The Balaban J connectivity index is 2.44. The van der Waals surface area contributed by atoms with Gasteiger partial charge in [-0.3, -0.25) is 0 Å². The van der Waals surface area contributed by atoms with Gasteiger partial charge >= 0.3 is 6.01 Å². The first-order valence-corrected chi connectivity index (χ1v) is 4.77. The van der Waals surface area contributed by atoms with Crippen molar-refractivity contribution in [1.82, 2.24) is 10.2 Å². The largest absolute Gasteiger partial charge is 0.408 e. The molecule has 0 amide bonds. The Morgan fingerprint density at radius 3 is 2.64 bits per heavy atom. The number of nitrogens with zero attached hydrogens (tertiary/aromatic N) is 2. The molecule has 0 saturated heterocycles. The zero-order chi connectivity index (χ0) is 10.6. The molecule has 3 N–H and O–H groups in total. The molecule has 0 aromatic carbocycles. The van der Waals surface area contributed by atoms with E-state index in [0.717, 1.165) is 6.54 Å². The number of aromatic nitrogens is 2. The Labute approximate surface area is 84.1 Å². The summed E-state index contributed by atoms with van der Waals surface area (Å²) in [6, 6.07) is 0.475. The second kappa shape index (κ2) is 4.41. The molecule has 5 heteroatoms. The second-order valence-corrected chi connectivity index (χ2v) is 4.45. The lowest BCUT2D eigenvalue weighted by molar-refractivity contribution is 0.430. The van der Waals surface area contributed by atoms with Crippen molar-refractivity contribution in [2.75, 3.05) is 18.4 Å². The predicted molar refractivity (Wildman–Crippen MR) is 55.0 cm³/mol. The molecule has 1 aromatic heterocycles. The molecule has 0 unspecified atom stereocenters. The van der Waals surface area contributed by atoms with E-state index in [1.165, 1.54) is 0 Å². The summed E-state index contributed by atoms with van der Waals surface area (Å²) in [6.45, 7) is 7.74. The first-order valence-electron chi connectivity index (χ1n) is 4.77. The molecule has 80 valence electrons. The van der Waals surface area contributed by atoms with Crippen molar-refractivity contribution < 1.29 is 4.42 Å². The maximum atomic E-state index is 5.36. The molecule has 1 heterocycles. The maximum absolute atomic E-state index is 5.36. The van der Waals surface area contributed by atoms with Gasteiger partial charge in [0.1, 0.15) is 0 Å². The van der Waals surface area contributed by atoms with Crippen LogP contribution in [0.5, 0.6) is 0 Å². The number of nitrogens with two attached hydrogens (primary N) is 1. The molecule has 0 fully saturated rings. The van der Waals surface area contributed by atoms with E-state index in [1.54, 1.807) is 0 Å². The van der Waals surface area contributed by atoms with Crippen LogP contribution in [0.4, 0.5) is 6.01 Å². The van der Waals surface area contributed by atoms with Gasteiger partial charge in [-0.15, -0.1) is 5.10 Å². The highest BCUT2D eigenvalue weighted by Crippen LogP contribution is 2.14. The van der Waals surface area contributed by atoms with Crippen molar-refractivity contribution in [3.63, 3.8) is 0 Å². The number of anilines is 1. The Kier molecular flexibility index (Phi) is 3.46. The molecule has 1 rings (SSSR count). The van der Waals surface area contributed by atoms with E-state index in [2.05, 4.69) is 36.3 Å². The minimum atomic E-state index is 0.197. The first kappa shape index (κ1) is 11.0. The van der Waals surface area contributed by atoms with Gasteiger partial charge in [-0.1, -0.05) is 25.9 Å². The Hall–Kier alpha value is -1.10. The molecule has 5 nitrogen and oxygen atoms in total. The third-order valence-electron chi connectivity index (χ3n) is 1.59. The van der Waals surface area contributed by atoms with E-state index in [9.17, 15) is 0 Å². The maximum Gasteiger partial charge on any atom is 0.315 e. The monoisotopic (exact) mass is 198 g/mol. The average molecular weight is 198 g/mol. The Bertz CT molecular complexity index is 277. The Morgan fingerprint density at radius 1 is 1.36 bits per heavy atom. The molecule has 0 aliphatic heterocycles. The predicted octanol–water partition coefficient (Wildman–Crippen LogP) is 1.03. The van der Waals surface area contributed by atoms with Crippen molar-refractivity contribution in [3.8, 4) is 0 Å². The van der Waals surface area contributed by atoms with Crippen LogP contribution in [-0.4, -0.2) is 23.3 Å². The number of hydrogen-bond donors (Lipinski definition) is 2. The van der Waals surface area contributed by atoms with Crippen LogP contribution in [0.25, 0.3) is 0 Å². The van der Waals surface area contributed by atoms with E-state index in [-0.39, 0.29) is 5.41 Å². The zero-order valence-electron chi connectivity index (χ0n) is 9.00. The summed E-state index contributed by atoms with van der Waals surface area (Å²) < 4.78 is 5.31. The van der Waals surface area contributed by atoms with Crippen LogP contribution < -0.4 is 11.1 Å². The van der Waals surface area contributed by atoms with Crippen LogP contribution in [-0.2, 0) is 6.42 Å². The standard InChI is InChI=1S/C9H18N4O/c1-9(2,3)6-11-8-13-12-7(14-8)4-5-10/h4-6,10H2,1-3H3,(H,11,13). The highest BCUT2D eigenvalue weighted by Gasteiger charge is 2.12. The lowest BCUT2D eigenvalue weighted by Crippen LogP contribution is -2.19. The summed E-state index contributed by atoms with van der Waals surface area (Å²) >= 11 is 0. The smallest absolute Gasteiger partial charge is 0.315 e. The summed E-state index contributed by atoms with van der Waals surface area (Å²) in [4.78, 5) is 0. The van der Waals surface area contributed by atoms with E-state index in [1.807, 2.05) is 0 Å². The number of hydrogen-bond acceptors (Lipinski definition) is 5. The minimum Gasteiger partial charge on any atom is -0.408 e. The van der Waals surface area contributed by atoms with Crippen LogP contribution in [0.3, 0.4) is 0 Å². The van der Waals surface area contributed by atoms with Crippen molar-refractivity contribution in [2.45, 2.75) is 27.2 Å². The van der Waals surface area contributed by atoms with Gasteiger partial charge < -0.3 is 15.5 Å². The van der Waals surface area contributed by atoms with Crippen molar-refractivity contribution in [2.24, 2.45) is 11.1 Å². The third kappa shape index (κ3) is 3.74. The van der Waals surface area contributed by atoms with Crippen molar-refractivity contribution in [1.29, 1.82) is 0 Å². The van der Waals surface area contributed by atoms with Gasteiger partial charge in [0.15, 0.2) is 0 Å². The fourth-order valence-electron chi connectivity index (χ4n) is 0.890. The van der Waals surface area contributed by atoms with Crippen LogP contribution in [0.2, 0.25) is 0 Å². The molecule has 0 spiro atoms. The molecule has 0 atom stereocenters. The summed E-state index contributed by atoms with van der Waals surface area (Å²) in [5.41, 5.74) is 5.56. The van der Waals surface area contributed by atoms with Gasteiger partial charge in [0, 0.05) is 19.5 Å². The first-order chi connectivity index (χ1) is 6.51. The summed E-state index contributed by atoms with van der Waals surface area (Å²) in [5.74, 6) is 0.587. The molecular formula is C9H18N4O. The second-order valence-electron chi connectivity index (χ2n) is 4.45. The molecule has 14 heavy (non-hydrogen) atoms. The lowest BCUT2D eigenvalue weighted by atomic mass is 9.97. The lowest BCUT2D eigenvalue weighted by Gasteiger charge is -2.17. The minimum absolute atomic E-state index is 0.197. The molecule has 0 aliphatic rings. The van der Waals surface area contributed by atoms with Crippen LogP contribution in [0.15, 0.2) is 4.42 Å². The quantitative estimate of drug-likeness (QED) is 0.755. The molecule has 0 radical (unpaired) electrons. The van der Waals surface area contributed by atoms with E-state index in [0.29, 0.717) is 24.9 Å². The highest BCUT2D eigenvalue weighted by atomic mass is 16.4. The molecule has 0 aliphatic carbocycles. The SMILES string of the molecule is CC(C)(C)CNc1nnc(CCN)o1. The molecule has 0 saturated carbocycles. The normalized spacial score (nSPS) is 11.7. The van der Waals surface area contributed by atoms with Gasteiger partial charge in [0.25, 0.3) is 0 Å². The molecular weight excluding hydrogens is 180 g/mol. The highest BCUT2D eigenvalue weighted by molar-refractivity contribution is 5.17. The molecule has 1 aromatic rings. The van der Waals surface area contributed by atoms with Gasteiger partial charge in [-0.05, 0) is 5.41 Å². The van der Waals surface area contributed by atoms with Gasteiger partial charge in [-0.25, -0.2) is 0 Å². The molecule has 0 bridgehead atoms. The number of rotatable bonds is 4. The van der Waals surface area contributed by atoms with Crippen molar-refractivity contribution >= 4 is 6.01 Å². The fraction of sp³-hybridized carbons (Fsp3) is 0.778. The zero-order valence-corrected chi connectivity index (χ0v) is 9.00. The van der Waals surface area contributed by atoms with Gasteiger partial charge in [0.2, 0.25) is 5.89 Å². The Morgan fingerprint density at radius 2 is 2.07 bits per heavy atom. The van der Waals surface area contributed by atoms with Crippen LogP contribution in [0, 0.1) is 5.41 Å². The number of nitrogens with one attached hydrogen (secondary N) is 1. The third-order valence-corrected chi connectivity index (χ3v) is 1.59. The van der Waals surface area contributed by atoms with Gasteiger partial charge in [0.05, 0.1) is 0 Å². The fourth-order valence-corrected chi connectivity index (χ4v) is 0.890. The average Bonchev–Trinajstić information content (AvgIpc) is 2.49. The van der Waals surface area contributed by atoms with Crippen LogP contribution in [0.1, 0.15) is 26.7 Å². The van der Waals surface area contributed by atoms with E-state index < -0.39 is 0 Å². The van der Waals surface area contributed by atoms with Crippen LogP contribution >= 0.6 is 0 Å². The summed E-state index contributed by atoms with van der Waals surface area (Å²) in [6.07, 6.45) is 0.629. The topological polar surface area (TPSA) is 77.0 Å². The summed E-state index contributed by atoms with van der Waals surface area (Å²) in [7, 11) is 0.